The van der Waals surface area contributed by atoms with Gasteiger partial charge in [-0.2, -0.15) is 0 Å². The first-order chi connectivity index (χ1) is 9.31. The van der Waals surface area contributed by atoms with Crippen LogP contribution in [0.5, 0.6) is 11.5 Å². The molecular formula is C16H25BrO2. The second-order valence-corrected chi connectivity index (χ2v) is 5.22. The molecule has 0 fully saturated rings. The highest BCUT2D eigenvalue weighted by Crippen LogP contribution is 2.27. The van der Waals surface area contributed by atoms with Gasteiger partial charge in [-0.15, -0.1) is 0 Å². The summed E-state index contributed by atoms with van der Waals surface area (Å²) in [6.07, 6.45) is 5.93. The van der Waals surface area contributed by atoms with E-state index < -0.39 is 0 Å². The maximum atomic E-state index is 5.89. The summed E-state index contributed by atoms with van der Waals surface area (Å²) >= 11 is 3.50. The first-order valence-electron chi connectivity index (χ1n) is 7.26. The van der Waals surface area contributed by atoms with Crippen molar-refractivity contribution < 1.29 is 9.47 Å². The molecule has 108 valence electrons. The van der Waals surface area contributed by atoms with Crippen LogP contribution < -0.4 is 9.47 Å². The smallest absolute Gasteiger partial charge is 0.127 e. The van der Waals surface area contributed by atoms with Crippen molar-refractivity contribution in [1.29, 1.82) is 0 Å². The molecule has 1 rings (SSSR count). The minimum Gasteiger partial charge on any atom is -0.493 e. The van der Waals surface area contributed by atoms with Gasteiger partial charge in [0.1, 0.15) is 11.5 Å². The third-order valence-electron chi connectivity index (χ3n) is 2.91. The molecule has 0 unspecified atom stereocenters. The zero-order valence-corrected chi connectivity index (χ0v) is 13.7. The first kappa shape index (κ1) is 16.4. The Morgan fingerprint density at radius 2 is 1.79 bits per heavy atom. The third kappa shape index (κ3) is 6.33. The Bertz CT molecular complexity index is 353. The van der Waals surface area contributed by atoms with Gasteiger partial charge < -0.3 is 9.47 Å². The van der Waals surface area contributed by atoms with Crippen LogP contribution in [0.25, 0.3) is 0 Å². The number of ether oxygens (including phenoxy) is 2. The molecule has 0 bridgehead atoms. The lowest BCUT2D eigenvalue weighted by molar-refractivity contribution is 0.293. The van der Waals surface area contributed by atoms with Gasteiger partial charge in [0.25, 0.3) is 0 Å². The topological polar surface area (TPSA) is 18.5 Å². The van der Waals surface area contributed by atoms with Gasteiger partial charge in [0.15, 0.2) is 0 Å². The number of halogens is 1. The summed E-state index contributed by atoms with van der Waals surface area (Å²) in [6.45, 7) is 5.87. The van der Waals surface area contributed by atoms with Crippen molar-refractivity contribution in [3.8, 4) is 11.5 Å². The van der Waals surface area contributed by atoms with Crippen molar-refractivity contribution in [3.05, 3.63) is 23.8 Å². The molecule has 0 amide bonds. The molecule has 0 saturated carbocycles. The molecule has 0 aromatic heterocycles. The highest BCUT2D eigenvalue weighted by atomic mass is 79.9. The molecule has 0 aliphatic rings. The normalized spacial score (nSPS) is 10.5. The van der Waals surface area contributed by atoms with E-state index in [0.29, 0.717) is 0 Å². The van der Waals surface area contributed by atoms with E-state index in [1.165, 1.54) is 24.8 Å². The van der Waals surface area contributed by atoms with Crippen molar-refractivity contribution >= 4 is 15.9 Å². The zero-order chi connectivity index (χ0) is 13.9. The molecule has 2 nitrogen and oxygen atoms in total. The van der Waals surface area contributed by atoms with E-state index in [9.17, 15) is 0 Å². The Balaban J connectivity index is 2.52. The molecule has 0 N–H and O–H groups in total. The maximum Gasteiger partial charge on any atom is 0.127 e. The molecule has 0 heterocycles. The quantitative estimate of drug-likeness (QED) is 0.427. The van der Waals surface area contributed by atoms with Gasteiger partial charge in [-0.1, -0.05) is 55.1 Å². The van der Waals surface area contributed by atoms with E-state index in [0.717, 1.165) is 42.9 Å². The van der Waals surface area contributed by atoms with E-state index in [1.54, 1.807) is 0 Å². The summed E-state index contributed by atoms with van der Waals surface area (Å²) in [7, 11) is 0. The minimum absolute atomic E-state index is 0.754. The van der Waals surface area contributed by atoms with Gasteiger partial charge in [-0.05, 0) is 18.9 Å². The predicted molar refractivity (Wildman–Crippen MR) is 84.5 cm³/mol. The number of hydrogen-bond acceptors (Lipinski definition) is 2. The number of benzene rings is 1. The van der Waals surface area contributed by atoms with E-state index in [1.807, 2.05) is 12.1 Å². The summed E-state index contributed by atoms with van der Waals surface area (Å²) in [5, 5.41) is 0.811. The van der Waals surface area contributed by atoms with Crippen molar-refractivity contribution in [2.45, 2.75) is 51.3 Å². The summed E-state index contributed by atoms with van der Waals surface area (Å²) in [6, 6.07) is 6.09. The van der Waals surface area contributed by atoms with Crippen LogP contribution in [0.4, 0.5) is 0 Å². The van der Waals surface area contributed by atoms with Gasteiger partial charge in [0.05, 0.1) is 13.2 Å². The summed E-state index contributed by atoms with van der Waals surface area (Å²) in [5.41, 5.74) is 1.18. The molecule has 0 spiro atoms. The number of rotatable bonds is 10. The minimum atomic E-state index is 0.754. The fourth-order valence-electron chi connectivity index (χ4n) is 1.80. The molecule has 0 aliphatic heterocycles. The monoisotopic (exact) mass is 328 g/mol. The fraction of sp³-hybridized carbons (Fsp3) is 0.625. The van der Waals surface area contributed by atoms with Crippen molar-refractivity contribution in [2.24, 2.45) is 0 Å². The van der Waals surface area contributed by atoms with Gasteiger partial charge in [-0.3, -0.25) is 0 Å². The lowest BCUT2D eigenvalue weighted by Gasteiger charge is -2.12. The second-order valence-electron chi connectivity index (χ2n) is 4.66. The summed E-state index contributed by atoms with van der Waals surface area (Å²) in [4.78, 5) is 0. The van der Waals surface area contributed by atoms with Crippen molar-refractivity contribution in [1.82, 2.24) is 0 Å². The first-order valence-corrected chi connectivity index (χ1v) is 8.38. The molecule has 0 saturated heterocycles. The molecule has 1 aromatic rings. The summed E-state index contributed by atoms with van der Waals surface area (Å²) < 4.78 is 11.5. The van der Waals surface area contributed by atoms with Gasteiger partial charge >= 0.3 is 0 Å². The van der Waals surface area contributed by atoms with Crippen LogP contribution >= 0.6 is 15.9 Å². The van der Waals surface area contributed by atoms with E-state index in [2.05, 4.69) is 35.8 Å². The molecular weight excluding hydrogens is 304 g/mol. The highest BCUT2D eigenvalue weighted by molar-refractivity contribution is 9.08. The molecule has 1 aromatic carbocycles. The Hall–Kier alpha value is -0.700. The Morgan fingerprint density at radius 3 is 2.47 bits per heavy atom. The largest absolute Gasteiger partial charge is 0.493 e. The molecule has 3 heteroatoms. The number of unbranched alkanes of at least 4 members (excludes halogenated alkanes) is 3. The average molecular weight is 329 g/mol. The lowest BCUT2D eigenvalue weighted by atomic mass is 10.2. The maximum absolute atomic E-state index is 5.89. The van der Waals surface area contributed by atoms with Crippen LogP contribution in [-0.2, 0) is 5.33 Å². The van der Waals surface area contributed by atoms with E-state index >= 15 is 0 Å². The third-order valence-corrected chi connectivity index (χ3v) is 3.52. The highest BCUT2D eigenvalue weighted by Gasteiger charge is 2.05. The predicted octanol–water partition coefficient (Wildman–Crippen LogP) is 5.33. The standard InChI is InChI=1S/C16H25BrO2/c1-3-5-6-7-11-19-16-12-15(18-10-4-2)9-8-14(16)13-17/h8-9,12H,3-7,10-11,13H2,1-2H3. The SMILES string of the molecule is CCCCCCOc1cc(OCCC)ccc1CBr. The van der Waals surface area contributed by atoms with Crippen LogP contribution in [0.1, 0.15) is 51.5 Å². The zero-order valence-electron chi connectivity index (χ0n) is 12.1. The van der Waals surface area contributed by atoms with Crippen LogP contribution in [0.3, 0.4) is 0 Å². The number of alkyl halides is 1. The Labute approximate surface area is 125 Å². The lowest BCUT2D eigenvalue weighted by Crippen LogP contribution is -2.01. The van der Waals surface area contributed by atoms with E-state index in [4.69, 9.17) is 9.47 Å². The van der Waals surface area contributed by atoms with Crippen LogP contribution in [0.2, 0.25) is 0 Å². The molecule has 0 radical (unpaired) electrons. The van der Waals surface area contributed by atoms with Crippen LogP contribution in [0, 0.1) is 0 Å². The van der Waals surface area contributed by atoms with Gasteiger partial charge in [-0.25, -0.2) is 0 Å². The van der Waals surface area contributed by atoms with Gasteiger partial charge in [0, 0.05) is 17.0 Å². The van der Waals surface area contributed by atoms with Crippen LogP contribution in [-0.4, -0.2) is 13.2 Å². The number of hydrogen-bond donors (Lipinski definition) is 0. The fourth-order valence-corrected chi connectivity index (χ4v) is 2.26. The Morgan fingerprint density at radius 1 is 0.947 bits per heavy atom. The van der Waals surface area contributed by atoms with Gasteiger partial charge in [0.2, 0.25) is 0 Å². The molecule has 0 aliphatic carbocycles. The van der Waals surface area contributed by atoms with E-state index in [-0.39, 0.29) is 0 Å². The summed E-state index contributed by atoms with van der Waals surface area (Å²) in [5.74, 6) is 1.84. The molecule has 0 atom stereocenters. The average Bonchev–Trinajstić information content (AvgIpc) is 2.45. The molecule has 19 heavy (non-hydrogen) atoms. The van der Waals surface area contributed by atoms with Crippen molar-refractivity contribution in [2.75, 3.05) is 13.2 Å². The Kier molecular flexibility index (Phi) is 8.72. The van der Waals surface area contributed by atoms with Crippen LogP contribution in [0.15, 0.2) is 18.2 Å². The second kappa shape index (κ2) is 10.1. The van der Waals surface area contributed by atoms with Crippen molar-refractivity contribution in [3.63, 3.8) is 0 Å².